The summed E-state index contributed by atoms with van der Waals surface area (Å²) in [5.74, 6) is 0.775. The topological polar surface area (TPSA) is 38.8 Å². The van der Waals surface area contributed by atoms with Gasteiger partial charge in [-0.05, 0) is 6.07 Å². The predicted octanol–water partition coefficient (Wildman–Crippen LogP) is 3.09. The molecule has 5 heteroatoms. The van der Waals surface area contributed by atoms with Crippen molar-refractivity contribution in [3.8, 4) is 5.75 Å². The molecular weight excluding hydrogens is 237 g/mol. The minimum absolute atomic E-state index is 0.131. The van der Waals surface area contributed by atoms with Gasteiger partial charge < -0.3 is 9.26 Å². The maximum Gasteiger partial charge on any atom is 0.309 e. The van der Waals surface area contributed by atoms with Gasteiger partial charge in [0.2, 0.25) is 0 Å². The lowest BCUT2D eigenvalue weighted by molar-refractivity contribution is 0.247. The van der Waals surface area contributed by atoms with E-state index in [2.05, 4.69) is 0 Å². The van der Waals surface area contributed by atoms with E-state index >= 15 is 0 Å². The van der Waals surface area contributed by atoms with Crippen molar-refractivity contribution in [2.24, 2.45) is 0 Å². The van der Waals surface area contributed by atoms with Gasteiger partial charge in [-0.2, -0.15) is 0 Å². The van der Waals surface area contributed by atoms with Gasteiger partial charge in [-0.25, -0.2) is 4.67 Å². The average molecular weight is 255 g/mol. The molecule has 94 valence electrons. The van der Waals surface area contributed by atoms with Crippen LogP contribution in [-0.2, 0) is 15.7 Å². The van der Waals surface area contributed by atoms with Crippen molar-refractivity contribution in [2.45, 2.75) is 20.5 Å². The predicted molar refractivity (Wildman–Crippen MR) is 67.3 cm³/mol. The Morgan fingerprint density at radius 3 is 2.71 bits per heavy atom. The summed E-state index contributed by atoms with van der Waals surface area (Å²) in [4.78, 5) is 0. The molecule has 17 heavy (non-hydrogen) atoms. The molecule has 1 aliphatic heterocycles. The highest BCUT2D eigenvalue weighted by Gasteiger charge is 2.33. The fourth-order valence-corrected chi connectivity index (χ4v) is 3.85. The Balaban J connectivity index is 2.21. The van der Waals surface area contributed by atoms with Crippen LogP contribution in [0.2, 0.25) is 0 Å². The van der Waals surface area contributed by atoms with Crippen LogP contribution >= 0.6 is 7.52 Å². The first-order chi connectivity index (χ1) is 8.19. The fraction of sp³-hybridized carbons (Fsp3) is 0.500. The number of nitrogens with zero attached hydrogens (tertiary/aromatic N) is 1. The van der Waals surface area contributed by atoms with Crippen LogP contribution in [0.15, 0.2) is 24.3 Å². The number of fused-ring (bicyclic) bond motifs is 1. The third-order valence-electron chi connectivity index (χ3n) is 2.94. The monoisotopic (exact) mass is 255 g/mol. The van der Waals surface area contributed by atoms with E-state index in [1.807, 2.05) is 42.8 Å². The molecule has 0 radical (unpaired) electrons. The quantitative estimate of drug-likeness (QED) is 0.778. The van der Waals surface area contributed by atoms with Gasteiger partial charge in [0, 0.05) is 18.7 Å². The molecule has 2 rings (SSSR count). The maximum absolute atomic E-state index is 12.7. The molecule has 0 amide bonds. The molecule has 1 atom stereocenters. The molecule has 1 heterocycles. The van der Waals surface area contributed by atoms with Gasteiger partial charge in [-0.15, -0.1) is 0 Å². The van der Waals surface area contributed by atoms with Crippen LogP contribution in [0.4, 0.5) is 0 Å². The van der Waals surface area contributed by atoms with Gasteiger partial charge in [0.1, 0.15) is 5.75 Å². The molecule has 0 N–H and O–H groups in total. The molecule has 0 saturated heterocycles. The van der Waals surface area contributed by atoms with Gasteiger partial charge in [-0.3, -0.25) is 4.57 Å². The van der Waals surface area contributed by atoms with Crippen LogP contribution in [0.25, 0.3) is 0 Å². The number of hydrogen-bond acceptors (Lipinski definition) is 3. The fourth-order valence-electron chi connectivity index (χ4n) is 1.94. The molecule has 0 spiro atoms. The SMILES string of the molecule is CCN(CC)[P@@]1(=O)COc2ccccc2CO1. The zero-order valence-corrected chi connectivity index (χ0v) is 11.2. The van der Waals surface area contributed by atoms with Crippen LogP contribution in [-0.4, -0.2) is 24.1 Å². The molecule has 1 aromatic carbocycles. The van der Waals surface area contributed by atoms with Crippen LogP contribution in [0.3, 0.4) is 0 Å². The van der Waals surface area contributed by atoms with E-state index in [1.54, 1.807) is 0 Å². The van der Waals surface area contributed by atoms with Crippen LogP contribution < -0.4 is 4.74 Å². The normalized spacial score (nSPS) is 23.9. The molecule has 0 fully saturated rings. The first-order valence-electron chi connectivity index (χ1n) is 5.89. The summed E-state index contributed by atoms with van der Waals surface area (Å²) in [5.41, 5.74) is 0.956. The average Bonchev–Trinajstić information content (AvgIpc) is 2.52. The zero-order chi connectivity index (χ0) is 12.3. The van der Waals surface area contributed by atoms with Crippen LogP contribution in [0.5, 0.6) is 5.75 Å². The maximum atomic E-state index is 12.7. The minimum atomic E-state index is -2.84. The van der Waals surface area contributed by atoms with E-state index < -0.39 is 7.52 Å². The Morgan fingerprint density at radius 2 is 2.00 bits per heavy atom. The van der Waals surface area contributed by atoms with Crippen molar-refractivity contribution in [1.29, 1.82) is 0 Å². The summed E-state index contributed by atoms with van der Waals surface area (Å²) in [6, 6.07) is 7.66. The lowest BCUT2D eigenvalue weighted by Crippen LogP contribution is -2.23. The lowest BCUT2D eigenvalue weighted by atomic mass is 10.2. The number of hydrogen-bond donors (Lipinski definition) is 0. The summed E-state index contributed by atoms with van der Waals surface area (Å²) < 4.78 is 25.7. The van der Waals surface area contributed by atoms with Gasteiger partial charge in [0.05, 0.1) is 6.61 Å². The summed E-state index contributed by atoms with van der Waals surface area (Å²) >= 11 is 0. The highest BCUT2D eigenvalue weighted by molar-refractivity contribution is 7.56. The van der Waals surface area contributed by atoms with Crippen molar-refractivity contribution in [2.75, 3.05) is 19.4 Å². The Hall–Kier alpha value is -0.830. The van der Waals surface area contributed by atoms with Crippen LogP contribution in [0, 0.1) is 0 Å². The van der Waals surface area contributed by atoms with E-state index in [9.17, 15) is 4.57 Å². The number of para-hydroxylation sites is 1. The second-order valence-corrected chi connectivity index (χ2v) is 6.29. The Kier molecular flexibility index (Phi) is 3.87. The minimum Gasteiger partial charge on any atom is -0.482 e. The first kappa shape index (κ1) is 12.6. The van der Waals surface area contributed by atoms with E-state index in [1.165, 1.54) is 0 Å². The number of ether oxygens (including phenoxy) is 1. The third-order valence-corrected chi connectivity index (χ3v) is 5.35. The second-order valence-electron chi connectivity index (χ2n) is 3.93. The van der Waals surface area contributed by atoms with Crippen molar-refractivity contribution >= 4 is 7.52 Å². The molecule has 0 aliphatic carbocycles. The molecule has 0 bridgehead atoms. The molecule has 1 aromatic rings. The Morgan fingerprint density at radius 1 is 1.29 bits per heavy atom. The zero-order valence-electron chi connectivity index (χ0n) is 10.3. The highest BCUT2D eigenvalue weighted by atomic mass is 31.2. The smallest absolute Gasteiger partial charge is 0.309 e. The van der Waals surface area contributed by atoms with Crippen molar-refractivity contribution in [1.82, 2.24) is 4.67 Å². The largest absolute Gasteiger partial charge is 0.482 e. The summed E-state index contributed by atoms with van der Waals surface area (Å²) in [5, 5.41) is 0. The van der Waals surface area contributed by atoms with Crippen molar-refractivity contribution in [3.05, 3.63) is 29.8 Å². The number of benzene rings is 1. The molecule has 0 saturated carbocycles. The van der Waals surface area contributed by atoms with Crippen LogP contribution in [0.1, 0.15) is 19.4 Å². The Labute approximate surface area is 102 Å². The second kappa shape index (κ2) is 5.21. The standard InChI is InChI=1S/C12H18NO3P/c1-3-13(4-2)17(14)10-15-12-8-6-5-7-11(12)9-16-17/h5-8H,3-4,9-10H2,1-2H3/t17-/m1/s1. The molecular formula is C12H18NO3P. The third kappa shape index (κ3) is 2.54. The molecule has 4 nitrogen and oxygen atoms in total. The summed E-state index contributed by atoms with van der Waals surface area (Å²) in [6.45, 7) is 5.71. The van der Waals surface area contributed by atoms with E-state index in [-0.39, 0.29) is 6.35 Å². The van der Waals surface area contributed by atoms with E-state index in [4.69, 9.17) is 9.26 Å². The van der Waals surface area contributed by atoms with Gasteiger partial charge in [0.15, 0.2) is 6.35 Å². The van der Waals surface area contributed by atoms with Crippen molar-refractivity contribution in [3.63, 3.8) is 0 Å². The molecule has 1 aliphatic rings. The Bertz CT molecular complexity index is 401. The molecule has 0 aromatic heterocycles. The lowest BCUT2D eigenvalue weighted by Gasteiger charge is -2.27. The van der Waals surface area contributed by atoms with Gasteiger partial charge in [-0.1, -0.05) is 32.0 Å². The number of rotatable bonds is 3. The van der Waals surface area contributed by atoms with Gasteiger partial charge in [0.25, 0.3) is 0 Å². The van der Waals surface area contributed by atoms with Crippen molar-refractivity contribution < 1.29 is 13.8 Å². The van der Waals surface area contributed by atoms with E-state index in [0.717, 1.165) is 11.3 Å². The summed E-state index contributed by atoms with van der Waals surface area (Å²) in [7, 11) is -2.84. The van der Waals surface area contributed by atoms with Gasteiger partial charge >= 0.3 is 7.52 Å². The molecule has 0 unspecified atom stereocenters. The van der Waals surface area contributed by atoms with E-state index in [0.29, 0.717) is 19.7 Å². The highest BCUT2D eigenvalue weighted by Crippen LogP contribution is 2.53. The summed E-state index contributed by atoms with van der Waals surface area (Å²) in [6.07, 6.45) is 0.131. The first-order valence-corrected chi connectivity index (χ1v) is 7.65.